The maximum Gasteiger partial charge on any atom is 0.253 e. The Kier molecular flexibility index (Phi) is 4.61. The molecule has 134 valence electrons. The molecule has 0 unspecified atom stereocenters. The van der Waals surface area contributed by atoms with E-state index in [0.717, 1.165) is 16.6 Å². The number of aromatic amines is 1. The molecule has 8 heteroatoms. The van der Waals surface area contributed by atoms with Crippen LogP contribution < -0.4 is 10.9 Å². The molecular formula is C17H23N5O3. The fourth-order valence-corrected chi connectivity index (χ4v) is 3.46. The fraction of sp³-hybridized carbons (Fsp3) is 0.529. The molecule has 0 spiro atoms. The average Bonchev–Trinajstić information content (AvgIpc) is 2.72. The van der Waals surface area contributed by atoms with E-state index in [1.165, 1.54) is 0 Å². The van der Waals surface area contributed by atoms with Crippen LogP contribution in [0.25, 0.3) is 11.0 Å². The number of carbonyl (C=O) groups excluding carboxylic acids is 2. The van der Waals surface area contributed by atoms with E-state index in [0.29, 0.717) is 43.7 Å². The summed E-state index contributed by atoms with van der Waals surface area (Å²) >= 11 is 0. The van der Waals surface area contributed by atoms with Gasteiger partial charge in [0.1, 0.15) is 5.65 Å². The van der Waals surface area contributed by atoms with E-state index in [1.807, 2.05) is 13.8 Å². The number of pyridine rings is 1. The number of aryl methyl sites for hydroxylation is 3. The monoisotopic (exact) mass is 345 g/mol. The Labute approximate surface area is 145 Å². The summed E-state index contributed by atoms with van der Waals surface area (Å²) < 4.78 is 1.66. The summed E-state index contributed by atoms with van der Waals surface area (Å²) in [6, 6.07) is 0. The van der Waals surface area contributed by atoms with Gasteiger partial charge in [0, 0.05) is 50.5 Å². The maximum absolute atomic E-state index is 12.4. The molecule has 2 N–H and O–H groups in total. The second-order valence-corrected chi connectivity index (χ2v) is 6.47. The highest BCUT2D eigenvalue weighted by atomic mass is 16.2. The Morgan fingerprint density at radius 2 is 2.00 bits per heavy atom. The lowest BCUT2D eigenvalue weighted by Gasteiger charge is -2.19. The van der Waals surface area contributed by atoms with Crippen LogP contribution in [0.4, 0.5) is 0 Å². The molecule has 2 aromatic heterocycles. The fourth-order valence-electron chi connectivity index (χ4n) is 3.46. The van der Waals surface area contributed by atoms with Gasteiger partial charge in [-0.3, -0.25) is 19.1 Å². The molecule has 0 atom stereocenters. The average molecular weight is 345 g/mol. The highest BCUT2D eigenvalue weighted by Crippen LogP contribution is 2.21. The normalized spacial score (nSPS) is 15.3. The van der Waals surface area contributed by atoms with Crippen molar-refractivity contribution in [3.05, 3.63) is 27.2 Å². The summed E-state index contributed by atoms with van der Waals surface area (Å²) in [5, 5.41) is 8.04. The molecule has 0 saturated carbocycles. The molecule has 25 heavy (non-hydrogen) atoms. The van der Waals surface area contributed by atoms with Crippen LogP contribution in [0.15, 0.2) is 4.79 Å². The first kappa shape index (κ1) is 17.2. The van der Waals surface area contributed by atoms with Crippen LogP contribution >= 0.6 is 0 Å². The van der Waals surface area contributed by atoms with Gasteiger partial charge in [0.25, 0.3) is 5.56 Å². The molecule has 1 aliphatic heterocycles. The van der Waals surface area contributed by atoms with Crippen LogP contribution in [-0.2, 0) is 23.1 Å². The number of rotatable bonds is 3. The number of H-pyrrole nitrogens is 1. The third kappa shape index (κ3) is 3.29. The van der Waals surface area contributed by atoms with E-state index in [2.05, 4.69) is 15.4 Å². The minimum atomic E-state index is -0.173. The zero-order valence-electron chi connectivity index (χ0n) is 14.8. The van der Waals surface area contributed by atoms with Crippen molar-refractivity contribution in [2.24, 2.45) is 7.05 Å². The lowest BCUT2D eigenvalue weighted by Crippen LogP contribution is -2.34. The van der Waals surface area contributed by atoms with Crippen molar-refractivity contribution in [2.45, 2.75) is 33.1 Å². The lowest BCUT2D eigenvalue weighted by atomic mass is 10.0. The van der Waals surface area contributed by atoms with Gasteiger partial charge in [-0.15, -0.1) is 0 Å². The van der Waals surface area contributed by atoms with E-state index in [1.54, 1.807) is 16.6 Å². The highest BCUT2D eigenvalue weighted by Gasteiger charge is 2.20. The molecule has 0 bridgehead atoms. The molecule has 1 aliphatic rings. The molecular weight excluding hydrogens is 322 g/mol. The topological polar surface area (TPSA) is 100 Å². The van der Waals surface area contributed by atoms with Gasteiger partial charge in [-0.1, -0.05) is 0 Å². The first-order valence-corrected chi connectivity index (χ1v) is 8.48. The number of nitrogens with one attached hydrogen (secondary N) is 2. The van der Waals surface area contributed by atoms with Crippen LogP contribution in [0.2, 0.25) is 0 Å². The Hall–Kier alpha value is -2.64. The third-order valence-electron chi connectivity index (χ3n) is 4.81. The standard InChI is InChI=1S/C17H23N5O3/c1-10-12(17(25)19-16-15(10)11(2)20-21(16)3)4-5-14(24)22-8-6-13(23)18-7-9-22/h4-9H2,1-3H3,(H,18,23)(H,19,25). The number of carbonyl (C=O) groups is 2. The summed E-state index contributed by atoms with van der Waals surface area (Å²) in [7, 11) is 1.79. The van der Waals surface area contributed by atoms with E-state index >= 15 is 0 Å². The highest BCUT2D eigenvalue weighted by molar-refractivity contribution is 5.83. The maximum atomic E-state index is 12.4. The molecule has 2 amide bonds. The number of hydrogen-bond donors (Lipinski definition) is 2. The van der Waals surface area contributed by atoms with Gasteiger partial charge in [0.05, 0.1) is 5.69 Å². The second kappa shape index (κ2) is 6.70. The summed E-state index contributed by atoms with van der Waals surface area (Å²) in [5.74, 6) is -0.0570. The van der Waals surface area contributed by atoms with Gasteiger partial charge in [0.2, 0.25) is 11.8 Å². The van der Waals surface area contributed by atoms with Gasteiger partial charge in [-0.2, -0.15) is 5.10 Å². The third-order valence-corrected chi connectivity index (χ3v) is 4.81. The molecule has 0 aliphatic carbocycles. The SMILES string of the molecule is Cc1nn(C)c2[nH]c(=O)c(CCC(=O)N3CCNC(=O)CC3)c(C)c12. The van der Waals surface area contributed by atoms with Crippen LogP contribution in [0, 0.1) is 13.8 Å². The van der Waals surface area contributed by atoms with Crippen molar-refractivity contribution >= 4 is 22.8 Å². The van der Waals surface area contributed by atoms with Crippen molar-refractivity contribution in [3.8, 4) is 0 Å². The van der Waals surface area contributed by atoms with Gasteiger partial charge in [0.15, 0.2) is 0 Å². The van der Waals surface area contributed by atoms with E-state index in [4.69, 9.17) is 0 Å². The van der Waals surface area contributed by atoms with Crippen molar-refractivity contribution < 1.29 is 9.59 Å². The van der Waals surface area contributed by atoms with Crippen LogP contribution in [0.5, 0.6) is 0 Å². The zero-order valence-corrected chi connectivity index (χ0v) is 14.8. The Morgan fingerprint density at radius 1 is 1.24 bits per heavy atom. The smallest absolute Gasteiger partial charge is 0.253 e. The van der Waals surface area contributed by atoms with Crippen LogP contribution in [0.1, 0.15) is 29.7 Å². The van der Waals surface area contributed by atoms with Crippen molar-refractivity contribution in [3.63, 3.8) is 0 Å². The number of amides is 2. The summed E-state index contributed by atoms with van der Waals surface area (Å²) in [6.45, 7) is 5.23. The van der Waals surface area contributed by atoms with Gasteiger partial charge in [-0.05, 0) is 25.8 Å². The van der Waals surface area contributed by atoms with E-state index < -0.39 is 0 Å². The first-order chi connectivity index (χ1) is 11.9. The number of fused-ring (bicyclic) bond motifs is 1. The van der Waals surface area contributed by atoms with E-state index in [-0.39, 0.29) is 23.8 Å². The minimum Gasteiger partial charge on any atom is -0.354 e. The Balaban J connectivity index is 1.79. The van der Waals surface area contributed by atoms with Gasteiger partial charge >= 0.3 is 0 Å². The van der Waals surface area contributed by atoms with Crippen molar-refractivity contribution in [1.29, 1.82) is 0 Å². The summed E-state index contributed by atoms with van der Waals surface area (Å²) in [5.41, 5.74) is 2.89. The minimum absolute atomic E-state index is 0.0277. The van der Waals surface area contributed by atoms with Gasteiger partial charge in [-0.25, -0.2) is 0 Å². The molecule has 1 saturated heterocycles. The van der Waals surface area contributed by atoms with Crippen LogP contribution in [-0.4, -0.2) is 51.1 Å². The Bertz CT molecular complexity index is 896. The number of aromatic nitrogens is 3. The van der Waals surface area contributed by atoms with E-state index in [9.17, 15) is 14.4 Å². The number of hydrogen-bond acceptors (Lipinski definition) is 4. The molecule has 8 nitrogen and oxygen atoms in total. The molecule has 0 aromatic carbocycles. The zero-order chi connectivity index (χ0) is 18.1. The molecule has 3 rings (SSSR count). The lowest BCUT2D eigenvalue weighted by molar-refractivity contribution is -0.131. The van der Waals surface area contributed by atoms with Crippen LogP contribution in [0.3, 0.4) is 0 Å². The summed E-state index contributed by atoms with van der Waals surface area (Å²) in [6.07, 6.45) is 0.956. The number of nitrogens with zero attached hydrogens (tertiary/aromatic N) is 3. The first-order valence-electron chi connectivity index (χ1n) is 8.48. The van der Waals surface area contributed by atoms with Gasteiger partial charge < -0.3 is 15.2 Å². The largest absolute Gasteiger partial charge is 0.354 e. The van der Waals surface area contributed by atoms with Crippen molar-refractivity contribution in [1.82, 2.24) is 25.0 Å². The second-order valence-electron chi connectivity index (χ2n) is 6.47. The predicted molar refractivity (Wildman–Crippen MR) is 93.3 cm³/mol. The predicted octanol–water partition coefficient (Wildman–Crippen LogP) is 0.160. The molecule has 2 aromatic rings. The quantitative estimate of drug-likeness (QED) is 0.827. The molecule has 1 fully saturated rings. The summed E-state index contributed by atoms with van der Waals surface area (Å²) in [4.78, 5) is 40.8. The molecule has 3 heterocycles. The molecule has 0 radical (unpaired) electrons. The Morgan fingerprint density at radius 3 is 2.76 bits per heavy atom. The van der Waals surface area contributed by atoms with Crippen molar-refractivity contribution in [2.75, 3.05) is 19.6 Å².